The molecule has 0 spiro atoms. The molecule has 0 bridgehead atoms. The number of halogens is 3. The molecule has 3 rings (SSSR count). The van der Waals surface area contributed by atoms with Crippen LogP contribution in [0.2, 0.25) is 0 Å². The van der Waals surface area contributed by atoms with Crippen molar-refractivity contribution >= 4 is 40.2 Å². The Morgan fingerprint density at radius 3 is 2.19 bits per heavy atom. The Bertz CT molecular complexity index is 989. The number of piperazine rings is 1. The molecule has 0 aliphatic carbocycles. The van der Waals surface area contributed by atoms with Gasteiger partial charge in [-0.1, -0.05) is 48.2 Å². The van der Waals surface area contributed by atoms with Crippen LogP contribution < -0.4 is 4.74 Å². The van der Waals surface area contributed by atoms with Crippen LogP contribution in [0.1, 0.15) is 28.4 Å². The third kappa shape index (κ3) is 6.23. The fraction of sp³-hybridized carbons (Fsp3) is 0.318. The Morgan fingerprint density at radius 1 is 1.00 bits per heavy atom. The van der Waals surface area contributed by atoms with Gasteiger partial charge in [0.05, 0.1) is 11.1 Å². The molecule has 1 fully saturated rings. The Balaban J connectivity index is 1.47. The molecule has 0 radical (unpaired) electrons. The molecule has 0 saturated carbocycles. The number of hydrogen-bond donors (Lipinski definition) is 0. The molecule has 0 N–H and O–H groups in total. The number of nitrogens with zero attached hydrogens (tertiary/aromatic N) is 2. The number of carbonyl (C=O) groups is 2. The van der Waals surface area contributed by atoms with Gasteiger partial charge in [-0.2, -0.15) is 13.2 Å². The molecule has 1 aliphatic rings. The van der Waals surface area contributed by atoms with Gasteiger partial charge < -0.3 is 14.5 Å². The molecule has 1 aliphatic heterocycles. The van der Waals surface area contributed by atoms with E-state index in [1.807, 2.05) is 4.90 Å². The smallest absolute Gasteiger partial charge is 0.409 e. The summed E-state index contributed by atoms with van der Waals surface area (Å²) < 4.78 is 44.0. The zero-order chi connectivity index (χ0) is 23.3. The summed E-state index contributed by atoms with van der Waals surface area (Å²) in [5, 5.41) is 0. The predicted octanol–water partition coefficient (Wildman–Crippen LogP) is 5.24. The first-order chi connectivity index (χ1) is 15.1. The summed E-state index contributed by atoms with van der Waals surface area (Å²) in [7, 11) is 0. The predicted molar refractivity (Wildman–Crippen MR) is 121 cm³/mol. The van der Waals surface area contributed by atoms with Crippen LogP contribution in [0, 0.1) is 0 Å². The van der Waals surface area contributed by atoms with Gasteiger partial charge in [0.15, 0.2) is 5.78 Å². The first-order valence-corrected chi connectivity index (χ1v) is 11.2. The number of alkyl halides is 3. The maximum Gasteiger partial charge on any atom is 0.416 e. The van der Waals surface area contributed by atoms with Crippen LogP contribution in [-0.2, 0) is 11.9 Å². The van der Waals surface area contributed by atoms with Gasteiger partial charge in [-0.25, -0.2) is 4.79 Å². The molecule has 2 aromatic rings. The number of carbonyl (C=O) groups excluding carboxylic acids is 2. The second-order valence-corrected chi connectivity index (χ2v) is 8.75. The highest BCUT2D eigenvalue weighted by atomic mass is 32.2. The van der Waals surface area contributed by atoms with Crippen LogP contribution in [0.5, 0.6) is 5.75 Å². The number of thioether (sulfide) groups is 1. The molecule has 1 amide bonds. The monoisotopic (exact) mass is 482 g/mol. The third-order valence-corrected chi connectivity index (χ3v) is 6.50. The van der Waals surface area contributed by atoms with E-state index >= 15 is 0 Å². The second kappa shape index (κ2) is 10.4. The number of hydrogen-bond acceptors (Lipinski definition) is 5. The number of thiocarbonyl (C=S) groups is 1. The summed E-state index contributed by atoms with van der Waals surface area (Å²) in [5.74, 6) is 0.504. The van der Waals surface area contributed by atoms with Crippen molar-refractivity contribution in [3.8, 4) is 5.75 Å². The molecule has 1 heterocycles. The van der Waals surface area contributed by atoms with Gasteiger partial charge in [-0.3, -0.25) is 4.79 Å². The van der Waals surface area contributed by atoms with Crippen molar-refractivity contribution in [2.45, 2.75) is 18.9 Å². The number of amides is 1. The lowest BCUT2D eigenvalue weighted by Gasteiger charge is -2.35. The third-order valence-electron chi connectivity index (χ3n) is 4.90. The van der Waals surface area contributed by atoms with E-state index in [0.29, 0.717) is 41.8 Å². The minimum absolute atomic E-state index is 0.186. The van der Waals surface area contributed by atoms with Crippen molar-refractivity contribution in [3.05, 3.63) is 65.2 Å². The summed E-state index contributed by atoms with van der Waals surface area (Å²) in [6, 6.07) is 11.6. The number of Topliss-reactive ketones (excluding diaryl/α,β-unsaturated/α-hetero) is 1. The summed E-state index contributed by atoms with van der Waals surface area (Å²) in [6.07, 6.45) is -4.88. The van der Waals surface area contributed by atoms with Gasteiger partial charge in [0.2, 0.25) is 0 Å². The maximum atomic E-state index is 12.7. The van der Waals surface area contributed by atoms with Crippen molar-refractivity contribution in [1.82, 2.24) is 9.80 Å². The van der Waals surface area contributed by atoms with Crippen molar-refractivity contribution in [2.24, 2.45) is 0 Å². The quantitative estimate of drug-likeness (QED) is 0.439. The fourth-order valence-corrected chi connectivity index (χ4v) is 4.31. The Labute approximate surface area is 193 Å². The number of ether oxygens (including phenoxy) is 1. The molecule has 0 atom stereocenters. The Morgan fingerprint density at radius 2 is 1.59 bits per heavy atom. The average Bonchev–Trinajstić information content (AvgIpc) is 2.77. The fourth-order valence-electron chi connectivity index (χ4n) is 3.10. The first kappa shape index (κ1) is 24.1. The molecule has 0 aromatic heterocycles. The normalized spacial score (nSPS) is 14.2. The average molecular weight is 483 g/mol. The highest BCUT2D eigenvalue weighted by Crippen LogP contribution is 2.30. The standard InChI is InChI=1S/C22H21F3N2O3S2/c1-15(28)18-4-2-3-5-19(18)30-20(29)26-10-12-27(13-11-26)21(31)32-14-16-6-8-17(9-7-16)22(23,24)25/h2-9H,10-14H2,1H3. The summed E-state index contributed by atoms with van der Waals surface area (Å²) in [5.41, 5.74) is 0.416. The number of benzene rings is 2. The van der Waals surface area contributed by atoms with E-state index in [9.17, 15) is 22.8 Å². The zero-order valence-electron chi connectivity index (χ0n) is 17.2. The van der Waals surface area contributed by atoms with Crippen LogP contribution >= 0.6 is 24.0 Å². The summed E-state index contributed by atoms with van der Waals surface area (Å²) in [4.78, 5) is 27.7. The van der Waals surface area contributed by atoms with Gasteiger partial charge in [-0.05, 0) is 36.8 Å². The van der Waals surface area contributed by atoms with Crippen LogP contribution in [0.15, 0.2) is 48.5 Å². The van der Waals surface area contributed by atoms with Crippen molar-refractivity contribution in [1.29, 1.82) is 0 Å². The molecule has 2 aromatic carbocycles. The van der Waals surface area contributed by atoms with Gasteiger partial charge in [0, 0.05) is 31.9 Å². The Kier molecular flexibility index (Phi) is 7.78. The molecule has 0 unspecified atom stereocenters. The van der Waals surface area contributed by atoms with Crippen LogP contribution in [-0.4, -0.2) is 52.2 Å². The van der Waals surface area contributed by atoms with Crippen molar-refractivity contribution < 1.29 is 27.5 Å². The van der Waals surface area contributed by atoms with E-state index in [0.717, 1.165) is 17.7 Å². The van der Waals surface area contributed by atoms with E-state index in [-0.39, 0.29) is 11.5 Å². The van der Waals surface area contributed by atoms with E-state index in [2.05, 4.69) is 0 Å². The number of rotatable bonds is 4. The van der Waals surface area contributed by atoms with E-state index < -0.39 is 17.8 Å². The second-order valence-electron chi connectivity index (χ2n) is 7.14. The zero-order valence-corrected chi connectivity index (χ0v) is 18.9. The number of ketones is 1. The van der Waals surface area contributed by atoms with Crippen LogP contribution in [0.3, 0.4) is 0 Å². The van der Waals surface area contributed by atoms with Gasteiger partial charge in [0.25, 0.3) is 0 Å². The van der Waals surface area contributed by atoms with Gasteiger partial charge >= 0.3 is 12.3 Å². The molecular formula is C22H21F3N2O3S2. The Hall–Kier alpha value is -2.59. The molecule has 1 saturated heterocycles. The van der Waals surface area contributed by atoms with Crippen molar-refractivity contribution in [3.63, 3.8) is 0 Å². The summed E-state index contributed by atoms with van der Waals surface area (Å²) in [6.45, 7) is 3.25. The molecular weight excluding hydrogens is 461 g/mol. The van der Waals surface area contributed by atoms with E-state index in [1.165, 1.54) is 30.8 Å². The highest BCUT2D eigenvalue weighted by Gasteiger charge is 2.30. The lowest BCUT2D eigenvalue weighted by Crippen LogP contribution is -2.50. The highest BCUT2D eigenvalue weighted by molar-refractivity contribution is 8.22. The molecule has 32 heavy (non-hydrogen) atoms. The lowest BCUT2D eigenvalue weighted by atomic mass is 10.1. The van der Waals surface area contributed by atoms with Gasteiger partial charge in [-0.15, -0.1) is 0 Å². The lowest BCUT2D eigenvalue weighted by molar-refractivity contribution is -0.137. The van der Waals surface area contributed by atoms with Crippen LogP contribution in [0.4, 0.5) is 18.0 Å². The topological polar surface area (TPSA) is 49.9 Å². The van der Waals surface area contributed by atoms with Crippen molar-refractivity contribution in [2.75, 3.05) is 26.2 Å². The minimum Gasteiger partial charge on any atom is -0.409 e. The molecule has 5 nitrogen and oxygen atoms in total. The SMILES string of the molecule is CC(=O)c1ccccc1OC(=O)N1CCN(C(=S)SCc2ccc(C(F)(F)F)cc2)CC1. The summed E-state index contributed by atoms with van der Waals surface area (Å²) >= 11 is 6.82. The van der Waals surface area contributed by atoms with E-state index in [1.54, 1.807) is 29.2 Å². The first-order valence-electron chi connectivity index (χ1n) is 9.79. The van der Waals surface area contributed by atoms with Gasteiger partial charge in [0.1, 0.15) is 10.1 Å². The largest absolute Gasteiger partial charge is 0.416 e. The molecule has 10 heteroatoms. The van der Waals surface area contributed by atoms with Crippen LogP contribution in [0.25, 0.3) is 0 Å². The van der Waals surface area contributed by atoms with E-state index in [4.69, 9.17) is 17.0 Å². The number of para-hydroxylation sites is 1. The minimum atomic E-state index is -4.35. The molecule has 170 valence electrons. The maximum absolute atomic E-state index is 12.7.